The number of aliphatic hydroxyl groups is 2. The van der Waals surface area contributed by atoms with Crippen molar-refractivity contribution < 1.29 is 29.4 Å². The Morgan fingerprint density at radius 2 is 0.909 bits per heavy atom. The standard InChI is InChI=1S/C4H10O2.H4O4Si/c5-3-1-2-4-6;1-5(2,3)4/h5-6H,1-4H2;1-4H. The summed E-state index contributed by atoms with van der Waals surface area (Å²) in [6.07, 6.45) is 1.44. The van der Waals surface area contributed by atoms with E-state index in [-0.39, 0.29) is 13.2 Å². The molecular weight excluding hydrogens is 172 g/mol. The molecule has 70 valence electrons. The molecule has 6 N–H and O–H groups in total. The Hall–Kier alpha value is -0.0231. The third kappa shape index (κ3) is 71.6. The second-order valence-electron chi connectivity index (χ2n) is 1.75. The van der Waals surface area contributed by atoms with Gasteiger partial charge in [-0.25, -0.2) is 0 Å². The van der Waals surface area contributed by atoms with Gasteiger partial charge in [-0.15, -0.1) is 0 Å². The van der Waals surface area contributed by atoms with Crippen LogP contribution in [0, 0.1) is 0 Å². The van der Waals surface area contributed by atoms with Gasteiger partial charge in [0.15, 0.2) is 0 Å². The third-order valence-corrected chi connectivity index (χ3v) is 0.566. The zero-order chi connectivity index (χ0) is 9.33. The first-order valence-electron chi connectivity index (χ1n) is 3.03. The fourth-order valence-electron chi connectivity index (χ4n) is 0.224. The Bertz CT molecular complexity index is 61.5. The van der Waals surface area contributed by atoms with Crippen molar-refractivity contribution in [2.24, 2.45) is 0 Å². The highest BCUT2D eigenvalue weighted by Crippen LogP contribution is 1.80. The van der Waals surface area contributed by atoms with E-state index in [0.717, 1.165) is 12.8 Å². The van der Waals surface area contributed by atoms with Crippen molar-refractivity contribution in [3.63, 3.8) is 0 Å². The smallest absolute Gasteiger partial charge is 0.396 e. The maximum absolute atomic E-state index is 8.09. The van der Waals surface area contributed by atoms with E-state index in [1.165, 1.54) is 0 Å². The summed E-state index contributed by atoms with van der Waals surface area (Å²) in [5.41, 5.74) is 0. The second kappa shape index (κ2) is 8.08. The van der Waals surface area contributed by atoms with Crippen LogP contribution in [0.15, 0.2) is 0 Å². The zero-order valence-corrected chi connectivity index (χ0v) is 7.01. The topological polar surface area (TPSA) is 121 Å². The molecule has 0 aromatic heterocycles. The van der Waals surface area contributed by atoms with Crippen LogP contribution in [0.4, 0.5) is 0 Å². The Labute approximate surface area is 65.5 Å². The van der Waals surface area contributed by atoms with Crippen LogP contribution in [0.2, 0.25) is 0 Å². The van der Waals surface area contributed by atoms with Crippen molar-refractivity contribution in [2.75, 3.05) is 13.2 Å². The molecule has 0 aliphatic rings. The van der Waals surface area contributed by atoms with E-state index >= 15 is 0 Å². The SMILES string of the molecule is OCCCCO.O[Si](O)(O)O. The summed E-state index contributed by atoms with van der Waals surface area (Å²) >= 11 is 0. The molecule has 0 aromatic carbocycles. The minimum atomic E-state index is -4.61. The first-order chi connectivity index (χ1) is 4.91. The lowest BCUT2D eigenvalue weighted by molar-refractivity contribution is 0.117. The Balaban J connectivity index is 0. The molecule has 0 amide bonds. The molecule has 0 aromatic rings. The maximum Gasteiger partial charge on any atom is 0.668 e. The van der Waals surface area contributed by atoms with Crippen molar-refractivity contribution in [1.82, 2.24) is 0 Å². The molecular formula is C4H14O6Si. The molecule has 0 unspecified atom stereocenters. The fraction of sp³-hybridized carbons (Fsp3) is 1.00. The summed E-state index contributed by atoms with van der Waals surface area (Å²) in [4.78, 5) is 29.3. The first kappa shape index (κ1) is 13.6. The quantitative estimate of drug-likeness (QED) is 0.208. The molecule has 0 rings (SSSR count). The molecule has 11 heavy (non-hydrogen) atoms. The lowest BCUT2D eigenvalue weighted by atomic mass is 10.3. The predicted octanol–water partition coefficient (Wildman–Crippen LogP) is -2.86. The van der Waals surface area contributed by atoms with Crippen LogP contribution in [0.3, 0.4) is 0 Å². The van der Waals surface area contributed by atoms with Crippen molar-refractivity contribution in [3.8, 4) is 0 Å². The van der Waals surface area contributed by atoms with Crippen molar-refractivity contribution in [3.05, 3.63) is 0 Å². The van der Waals surface area contributed by atoms with Gasteiger partial charge in [0.25, 0.3) is 0 Å². The van der Waals surface area contributed by atoms with Gasteiger partial charge in [-0.2, -0.15) is 0 Å². The molecule has 0 atom stereocenters. The monoisotopic (exact) mass is 186 g/mol. The molecule has 0 spiro atoms. The number of hydrogen-bond acceptors (Lipinski definition) is 6. The molecule has 0 aliphatic carbocycles. The third-order valence-electron chi connectivity index (χ3n) is 0.566. The summed E-state index contributed by atoms with van der Waals surface area (Å²) in [6.45, 7) is 0.390. The minimum absolute atomic E-state index is 0.195. The second-order valence-corrected chi connectivity index (χ2v) is 2.95. The number of rotatable bonds is 3. The van der Waals surface area contributed by atoms with Crippen LogP contribution in [-0.4, -0.2) is 51.7 Å². The summed E-state index contributed by atoms with van der Waals surface area (Å²) < 4.78 is 0. The summed E-state index contributed by atoms with van der Waals surface area (Å²) in [6, 6.07) is 0. The molecule has 0 saturated carbocycles. The zero-order valence-electron chi connectivity index (χ0n) is 6.01. The number of unbranched alkanes of at least 4 members (excludes halogenated alkanes) is 1. The predicted molar refractivity (Wildman–Crippen MR) is 38.0 cm³/mol. The van der Waals surface area contributed by atoms with Gasteiger partial charge in [0.05, 0.1) is 0 Å². The van der Waals surface area contributed by atoms with E-state index in [1.54, 1.807) is 0 Å². The van der Waals surface area contributed by atoms with E-state index < -0.39 is 9.05 Å². The van der Waals surface area contributed by atoms with Crippen molar-refractivity contribution in [2.45, 2.75) is 12.8 Å². The van der Waals surface area contributed by atoms with Crippen LogP contribution in [0.25, 0.3) is 0 Å². The Morgan fingerprint density at radius 1 is 0.727 bits per heavy atom. The highest BCUT2D eigenvalue weighted by atomic mass is 28.4. The van der Waals surface area contributed by atoms with Gasteiger partial charge in [-0.05, 0) is 12.8 Å². The van der Waals surface area contributed by atoms with E-state index in [4.69, 9.17) is 29.4 Å². The van der Waals surface area contributed by atoms with E-state index in [2.05, 4.69) is 0 Å². The van der Waals surface area contributed by atoms with Crippen LogP contribution in [-0.2, 0) is 0 Å². The van der Waals surface area contributed by atoms with Crippen LogP contribution in [0.5, 0.6) is 0 Å². The molecule has 0 fully saturated rings. The van der Waals surface area contributed by atoms with E-state index in [1.807, 2.05) is 0 Å². The highest BCUT2D eigenvalue weighted by molar-refractivity contribution is 6.46. The normalized spacial score (nSPS) is 10.4. The van der Waals surface area contributed by atoms with Crippen molar-refractivity contribution >= 4 is 9.05 Å². The van der Waals surface area contributed by atoms with Gasteiger partial charge in [0.2, 0.25) is 0 Å². The molecule has 0 saturated heterocycles. The Kier molecular flexibility index (Phi) is 9.96. The van der Waals surface area contributed by atoms with E-state index in [0.29, 0.717) is 0 Å². The summed E-state index contributed by atoms with van der Waals surface area (Å²) in [7, 11) is -4.61. The molecule has 6 nitrogen and oxygen atoms in total. The lowest BCUT2D eigenvalue weighted by Gasteiger charge is -1.91. The van der Waals surface area contributed by atoms with Gasteiger partial charge in [0, 0.05) is 13.2 Å². The van der Waals surface area contributed by atoms with Gasteiger partial charge in [-0.1, -0.05) is 0 Å². The molecule has 0 heterocycles. The highest BCUT2D eigenvalue weighted by Gasteiger charge is 2.22. The fourth-order valence-corrected chi connectivity index (χ4v) is 0.224. The summed E-state index contributed by atoms with van der Waals surface area (Å²) in [5, 5.41) is 16.2. The largest absolute Gasteiger partial charge is 0.668 e. The van der Waals surface area contributed by atoms with Crippen LogP contribution < -0.4 is 0 Å². The number of hydrogen-bond donors (Lipinski definition) is 6. The average Bonchev–Trinajstić information content (AvgIpc) is 1.79. The minimum Gasteiger partial charge on any atom is -0.396 e. The molecule has 0 aliphatic heterocycles. The van der Waals surface area contributed by atoms with E-state index in [9.17, 15) is 0 Å². The molecule has 0 bridgehead atoms. The van der Waals surface area contributed by atoms with Gasteiger partial charge < -0.3 is 29.4 Å². The van der Waals surface area contributed by atoms with Gasteiger partial charge in [-0.3, -0.25) is 0 Å². The van der Waals surface area contributed by atoms with Gasteiger partial charge in [0.1, 0.15) is 0 Å². The molecule has 0 radical (unpaired) electrons. The lowest BCUT2D eigenvalue weighted by Crippen LogP contribution is -2.33. The first-order valence-corrected chi connectivity index (χ1v) is 4.82. The summed E-state index contributed by atoms with van der Waals surface area (Å²) in [5.74, 6) is 0. The van der Waals surface area contributed by atoms with Crippen LogP contribution >= 0.6 is 0 Å². The number of aliphatic hydroxyl groups excluding tert-OH is 2. The van der Waals surface area contributed by atoms with Crippen LogP contribution in [0.1, 0.15) is 12.8 Å². The van der Waals surface area contributed by atoms with Gasteiger partial charge >= 0.3 is 9.05 Å². The van der Waals surface area contributed by atoms with Crippen molar-refractivity contribution in [1.29, 1.82) is 0 Å². The Morgan fingerprint density at radius 3 is 1.00 bits per heavy atom. The average molecular weight is 186 g/mol. The molecule has 7 heteroatoms. The maximum atomic E-state index is 8.09.